The molecule has 0 spiro atoms. The van der Waals surface area contributed by atoms with Crippen LogP contribution in [-0.2, 0) is 0 Å². The molecule has 2 nitrogen and oxygen atoms in total. The minimum absolute atomic E-state index is 0.0490. The third kappa shape index (κ3) is 2.51. The Hall–Kier alpha value is -1.48. The minimum Gasteiger partial charge on any atom is -0.319 e. The Balaban J connectivity index is 2.22. The molecule has 2 rings (SSSR count). The molecule has 0 aliphatic carbocycles. The summed E-state index contributed by atoms with van der Waals surface area (Å²) < 4.78 is 15.1. The van der Waals surface area contributed by atoms with Crippen molar-refractivity contribution in [3.05, 3.63) is 58.1 Å². The number of nitrogens with one attached hydrogen (secondary N) is 1. The van der Waals surface area contributed by atoms with Gasteiger partial charge in [0.1, 0.15) is 5.82 Å². The quantitative estimate of drug-likeness (QED) is 0.881. The van der Waals surface area contributed by atoms with Gasteiger partial charge in [0.05, 0.1) is 11.1 Å². The zero-order valence-electron chi connectivity index (χ0n) is 10.7. The predicted octanol–water partition coefficient (Wildman–Crippen LogP) is 4.20. The lowest BCUT2D eigenvalue weighted by atomic mass is 10.1. The van der Waals surface area contributed by atoms with Crippen LogP contribution in [0.2, 0.25) is 5.02 Å². The molecule has 1 aromatic heterocycles. The molecule has 1 aromatic carbocycles. The van der Waals surface area contributed by atoms with Crippen molar-refractivity contribution in [1.29, 1.82) is 0 Å². The maximum Gasteiger partial charge on any atom is 0.141 e. The molecule has 0 aliphatic rings. The SMILES string of the molecule is Cc1ccc(C)n1NC(C)c1ccc(F)c(Cl)c1. The number of rotatable bonds is 3. The van der Waals surface area contributed by atoms with Crippen molar-refractivity contribution in [2.45, 2.75) is 26.8 Å². The first-order chi connectivity index (χ1) is 8.49. The third-order valence-corrected chi connectivity index (χ3v) is 3.33. The van der Waals surface area contributed by atoms with E-state index in [2.05, 4.69) is 5.43 Å². The van der Waals surface area contributed by atoms with E-state index in [1.165, 1.54) is 6.07 Å². The maximum absolute atomic E-state index is 13.1. The van der Waals surface area contributed by atoms with Gasteiger partial charge in [0.15, 0.2) is 0 Å². The van der Waals surface area contributed by atoms with E-state index in [1.807, 2.05) is 37.6 Å². The van der Waals surface area contributed by atoms with Gasteiger partial charge in [-0.05, 0) is 50.6 Å². The molecule has 96 valence electrons. The Morgan fingerprint density at radius 2 is 1.78 bits per heavy atom. The highest BCUT2D eigenvalue weighted by Crippen LogP contribution is 2.21. The molecule has 0 radical (unpaired) electrons. The number of aryl methyl sites for hydroxylation is 2. The van der Waals surface area contributed by atoms with Gasteiger partial charge in [0, 0.05) is 11.4 Å². The second-order valence-corrected chi connectivity index (χ2v) is 4.88. The second-order valence-electron chi connectivity index (χ2n) is 4.48. The highest BCUT2D eigenvalue weighted by atomic mass is 35.5. The van der Waals surface area contributed by atoms with Gasteiger partial charge >= 0.3 is 0 Å². The minimum atomic E-state index is -0.388. The van der Waals surface area contributed by atoms with Crippen LogP contribution in [0, 0.1) is 19.7 Å². The normalized spacial score (nSPS) is 12.5. The van der Waals surface area contributed by atoms with Crippen molar-refractivity contribution in [3.8, 4) is 0 Å². The average Bonchev–Trinajstić information content (AvgIpc) is 2.64. The van der Waals surface area contributed by atoms with Crippen molar-refractivity contribution < 1.29 is 4.39 Å². The van der Waals surface area contributed by atoms with Crippen LogP contribution >= 0.6 is 11.6 Å². The van der Waals surface area contributed by atoms with E-state index in [9.17, 15) is 4.39 Å². The summed E-state index contributed by atoms with van der Waals surface area (Å²) in [6.45, 7) is 6.08. The Morgan fingerprint density at radius 1 is 1.17 bits per heavy atom. The van der Waals surface area contributed by atoms with E-state index in [1.54, 1.807) is 12.1 Å². The molecule has 0 saturated carbocycles. The zero-order valence-corrected chi connectivity index (χ0v) is 11.4. The first-order valence-electron chi connectivity index (χ1n) is 5.85. The van der Waals surface area contributed by atoms with E-state index in [0.29, 0.717) is 0 Å². The van der Waals surface area contributed by atoms with Crippen molar-refractivity contribution >= 4 is 11.6 Å². The summed E-state index contributed by atoms with van der Waals surface area (Å²) in [5.74, 6) is -0.388. The van der Waals surface area contributed by atoms with Gasteiger partial charge in [-0.15, -0.1) is 0 Å². The van der Waals surface area contributed by atoms with Crippen LogP contribution in [-0.4, -0.2) is 4.68 Å². The van der Waals surface area contributed by atoms with E-state index in [0.717, 1.165) is 17.0 Å². The molecular weight excluding hydrogens is 251 g/mol. The second kappa shape index (κ2) is 5.02. The number of halogens is 2. The molecule has 1 unspecified atom stereocenters. The number of hydrogen-bond acceptors (Lipinski definition) is 1. The fraction of sp³-hybridized carbons (Fsp3) is 0.286. The number of hydrogen-bond donors (Lipinski definition) is 1. The Bertz CT molecular complexity index is 543. The largest absolute Gasteiger partial charge is 0.319 e. The lowest BCUT2D eigenvalue weighted by Gasteiger charge is -2.20. The molecule has 2 aromatic rings. The fourth-order valence-corrected chi connectivity index (χ4v) is 2.11. The first kappa shape index (κ1) is 13.0. The van der Waals surface area contributed by atoms with Crippen LogP contribution < -0.4 is 5.43 Å². The molecular formula is C14H16ClFN2. The van der Waals surface area contributed by atoms with Crippen molar-refractivity contribution in [2.75, 3.05) is 5.43 Å². The van der Waals surface area contributed by atoms with Crippen LogP contribution in [0.15, 0.2) is 30.3 Å². The topological polar surface area (TPSA) is 17.0 Å². The van der Waals surface area contributed by atoms with Crippen LogP contribution in [0.5, 0.6) is 0 Å². The molecule has 18 heavy (non-hydrogen) atoms. The summed E-state index contributed by atoms with van der Waals surface area (Å²) in [7, 11) is 0. The van der Waals surface area contributed by atoms with Crippen molar-refractivity contribution in [3.63, 3.8) is 0 Å². The summed E-state index contributed by atoms with van der Waals surface area (Å²) in [6.07, 6.45) is 0. The molecule has 0 bridgehead atoms. The van der Waals surface area contributed by atoms with Crippen molar-refractivity contribution in [1.82, 2.24) is 4.68 Å². The maximum atomic E-state index is 13.1. The fourth-order valence-electron chi connectivity index (χ4n) is 1.92. The summed E-state index contributed by atoms with van der Waals surface area (Å²) >= 11 is 5.79. The molecule has 0 aliphatic heterocycles. The van der Waals surface area contributed by atoms with Gasteiger partial charge in [-0.25, -0.2) is 4.39 Å². The molecule has 0 fully saturated rings. The standard InChI is InChI=1S/C14H16ClFN2/c1-9-4-5-10(2)18(9)17-11(3)12-6-7-14(16)13(15)8-12/h4-8,11,17H,1-3H3. The van der Waals surface area contributed by atoms with Crippen LogP contribution in [0.4, 0.5) is 4.39 Å². The van der Waals surface area contributed by atoms with E-state index >= 15 is 0 Å². The molecule has 0 amide bonds. The summed E-state index contributed by atoms with van der Waals surface area (Å²) in [5.41, 5.74) is 6.57. The van der Waals surface area contributed by atoms with Crippen LogP contribution in [0.25, 0.3) is 0 Å². The summed E-state index contributed by atoms with van der Waals surface area (Å²) in [5, 5.41) is 0.155. The zero-order chi connectivity index (χ0) is 13.3. The lowest BCUT2D eigenvalue weighted by molar-refractivity contribution is 0.625. The Morgan fingerprint density at radius 3 is 2.33 bits per heavy atom. The van der Waals surface area contributed by atoms with Gasteiger partial charge in [-0.1, -0.05) is 17.7 Å². The van der Waals surface area contributed by atoms with Gasteiger partial charge < -0.3 is 5.43 Å². The van der Waals surface area contributed by atoms with E-state index in [4.69, 9.17) is 11.6 Å². The van der Waals surface area contributed by atoms with Gasteiger partial charge in [0.2, 0.25) is 0 Å². The van der Waals surface area contributed by atoms with Crippen molar-refractivity contribution in [2.24, 2.45) is 0 Å². The lowest BCUT2D eigenvalue weighted by Crippen LogP contribution is -2.20. The van der Waals surface area contributed by atoms with E-state index < -0.39 is 0 Å². The average molecular weight is 267 g/mol. The van der Waals surface area contributed by atoms with Crippen LogP contribution in [0.3, 0.4) is 0 Å². The monoisotopic (exact) mass is 266 g/mol. The molecule has 0 saturated heterocycles. The molecule has 4 heteroatoms. The summed E-state index contributed by atoms with van der Waals surface area (Å²) in [4.78, 5) is 0. The van der Waals surface area contributed by atoms with Crippen LogP contribution in [0.1, 0.15) is 29.9 Å². The number of benzene rings is 1. The third-order valence-electron chi connectivity index (χ3n) is 3.04. The van der Waals surface area contributed by atoms with Gasteiger partial charge in [-0.3, -0.25) is 4.68 Å². The highest BCUT2D eigenvalue weighted by molar-refractivity contribution is 6.30. The number of nitrogens with zero attached hydrogens (tertiary/aromatic N) is 1. The molecule has 1 N–H and O–H groups in total. The van der Waals surface area contributed by atoms with E-state index in [-0.39, 0.29) is 16.9 Å². The molecule has 1 heterocycles. The Kier molecular flexibility index (Phi) is 3.62. The predicted molar refractivity (Wildman–Crippen MR) is 73.1 cm³/mol. The number of aromatic nitrogens is 1. The Labute approximate surface area is 111 Å². The van der Waals surface area contributed by atoms with Gasteiger partial charge in [0.25, 0.3) is 0 Å². The highest BCUT2D eigenvalue weighted by Gasteiger charge is 2.10. The molecule has 1 atom stereocenters. The smallest absolute Gasteiger partial charge is 0.141 e. The summed E-state index contributed by atoms with van der Waals surface area (Å²) in [6, 6.07) is 8.94. The van der Waals surface area contributed by atoms with Gasteiger partial charge in [-0.2, -0.15) is 0 Å². The first-order valence-corrected chi connectivity index (χ1v) is 6.23.